The van der Waals surface area contributed by atoms with Gasteiger partial charge in [0.2, 0.25) is 0 Å². The number of pyridine rings is 1. The Hall–Kier alpha value is -2.06. The van der Waals surface area contributed by atoms with Gasteiger partial charge in [-0.15, -0.1) is 0 Å². The van der Waals surface area contributed by atoms with Crippen molar-refractivity contribution in [2.75, 3.05) is 24.5 Å². The average molecular weight is 456 g/mol. The van der Waals surface area contributed by atoms with Gasteiger partial charge < -0.3 is 15.3 Å². The van der Waals surface area contributed by atoms with Crippen molar-refractivity contribution in [3.8, 4) is 0 Å². The topological polar surface area (TPSA) is 65.5 Å². The highest BCUT2D eigenvalue weighted by Gasteiger charge is 2.47. The first kappa shape index (κ1) is 22.1. The second kappa shape index (κ2) is 8.13. The number of hydrogen-bond acceptors (Lipinski definition) is 4. The lowest BCUT2D eigenvalue weighted by atomic mass is 9.76. The molecule has 4 rings (SSSR count). The highest BCUT2D eigenvalue weighted by atomic mass is 35.5. The van der Waals surface area contributed by atoms with Crippen LogP contribution in [0, 0.1) is 5.92 Å². The number of anilines is 1. The number of aromatic nitrogens is 1. The van der Waals surface area contributed by atoms with Crippen molar-refractivity contribution in [3.05, 3.63) is 34.9 Å². The van der Waals surface area contributed by atoms with E-state index in [0.29, 0.717) is 29.7 Å². The van der Waals surface area contributed by atoms with Crippen LogP contribution >= 0.6 is 11.6 Å². The number of hydrogen-bond donors (Lipinski definition) is 2. The molecule has 3 atom stereocenters. The number of amides is 1. The van der Waals surface area contributed by atoms with Gasteiger partial charge in [0.15, 0.2) is 0 Å². The molecule has 2 N–H and O–H groups in total. The van der Waals surface area contributed by atoms with Crippen molar-refractivity contribution in [1.29, 1.82) is 0 Å². The number of fused-ring (bicyclic) bond motifs is 1. The van der Waals surface area contributed by atoms with E-state index in [9.17, 15) is 23.1 Å². The molecular weight excluding hydrogens is 431 g/mol. The summed E-state index contributed by atoms with van der Waals surface area (Å²) in [6.45, 7) is 2.13. The van der Waals surface area contributed by atoms with E-state index in [1.807, 2.05) is 4.90 Å². The normalized spacial score (nSPS) is 28.1. The van der Waals surface area contributed by atoms with Gasteiger partial charge in [0.1, 0.15) is 12.0 Å². The first-order valence-electron chi connectivity index (χ1n) is 10.4. The Morgan fingerprint density at radius 3 is 2.77 bits per heavy atom. The van der Waals surface area contributed by atoms with Gasteiger partial charge in [-0.25, -0.2) is 18.2 Å². The molecule has 1 saturated carbocycles. The lowest BCUT2D eigenvalue weighted by Crippen LogP contribution is -2.50. The third-order valence-electron chi connectivity index (χ3n) is 6.40. The fourth-order valence-electron chi connectivity index (χ4n) is 4.46. The van der Waals surface area contributed by atoms with Crippen molar-refractivity contribution in [3.63, 3.8) is 0 Å². The van der Waals surface area contributed by atoms with Gasteiger partial charge in [-0.1, -0.05) is 18.5 Å². The molecule has 0 radical (unpaired) electrons. The molecule has 1 saturated heterocycles. The fourth-order valence-corrected chi connectivity index (χ4v) is 4.71. The summed E-state index contributed by atoms with van der Waals surface area (Å²) in [5.41, 5.74) is -0.641. The van der Waals surface area contributed by atoms with Crippen LogP contribution in [0.2, 0.25) is 5.02 Å². The maximum Gasteiger partial charge on any atom is 0.253 e. The fraction of sp³-hybridized carbons (Fsp3) is 0.545. The Labute approximate surface area is 183 Å². The predicted octanol–water partition coefficient (Wildman–Crippen LogP) is 4.35. The number of aliphatic hydroxyl groups is 1. The summed E-state index contributed by atoms with van der Waals surface area (Å²) in [6.07, 6.45) is -1.03. The minimum absolute atomic E-state index is 0.0931. The van der Waals surface area contributed by atoms with Crippen LogP contribution in [0.3, 0.4) is 0 Å². The molecule has 2 unspecified atom stereocenters. The number of halogens is 4. The molecule has 1 aliphatic carbocycles. The number of carbonyl (C=O) groups excluding carboxylic acids is 1. The molecule has 2 fully saturated rings. The van der Waals surface area contributed by atoms with E-state index in [2.05, 4.69) is 10.3 Å². The lowest BCUT2D eigenvalue weighted by Gasteiger charge is -2.40. The summed E-state index contributed by atoms with van der Waals surface area (Å²) < 4.78 is 41.0. The molecule has 2 heterocycles. The van der Waals surface area contributed by atoms with Crippen molar-refractivity contribution in [2.45, 2.75) is 50.3 Å². The average Bonchev–Trinajstić information content (AvgIpc) is 3.16. The quantitative estimate of drug-likeness (QED) is 0.719. The monoisotopic (exact) mass is 455 g/mol. The highest BCUT2D eigenvalue weighted by Crippen LogP contribution is 2.42. The Balaban J connectivity index is 1.53. The molecule has 2 aliphatic rings. The smallest absolute Gasteiger partial charge is 0.253 e. The molecule has 1 aromatic carbocycles. The van der Waals surface area contributed by atoms with Crippen molar-refractivity contribution >= 4 is 34.2 Å². The number of alkyl halides is 3. The number of nitrogens with zero attached hydrogens (tertiary/aromatic N) is 2. The lowest BCUT2D eigenvalue weighted by molar-refractivity contribution is -0.138. The largest absolute Gasteiger partial charge is 0.388 e. The minimum atomic E-state index is -2.81. The molecule has 1 aliphatic heterocycles. The second-order valence-electron chi connectivity index (χ2n) is 8.76. The van der Waals surface area contributed by atoms with Crippen LogP contribution in [-0.2, 0) is 0 Å². The van der Waals surface area contributed by atoms with Crippen LogP contribution in [0.1, 0.15) is 43.0 Å². The number of benzene rings is 1. The van der Waals surface area contributed by atoms with Crippen LogP contribution in [0.5, 0.6) is 0 Å². The number of carbonyl (C=O) groups is 1. The molecule has 2 aromatic rings. The number of nitrogens with one attached hydrogen (secondary N) is 1. The zero-order valence-corrected chi connectivity index (χ0v) is 17.9. The van der Waals surface area contributed by atoms with Crippen LogP contribution in [0.25, 0.3) is 10.9 Å². The highest BCUT2D eigenvalue weighted by molar-refractivity contribution is 6.35. The van der Waals surface area contributed by atoms with Gasteiger partial charge in [0.05, 0.1) is 28.2 Å². The molecular formula is C22H25ClF3N3O2. The van der Waals surface area contributed by atoms with Crippen molar-refractivity contribution < 1.29 is 23.1 Å². The van der Waals surface area contributed by atoms with Gasteiger partial charge in [-0.2, -0.15) is 0 Å². The van der Waals surface area contributed by atoms with E-state index in [-0.39, 0.29) is 36.5 Å². The van der Waals surface area contributed by atoms with Gasteiger partial charge in [0.25, 0.3) is 11.8 Å². The Kier molecular flexibility index (Phi) is 5.81. The summed E-state index contributed by atoms with van der Waals surface area (Å²) in [7, 11) is 0. The zero-order chi connectivity index (χ0) is 22.4. The first-order chi connectivity index (χ1) is 14.6. The third-order valence-corrected chi connectivity index (χ3v) is 6.71. The summed E-state index contributed by atoms with van der Waals surface area (Å²) in [5.74, 6) is -3.65. The van der Waals surface area contributed by atoms with E-state index in [0.717, 1.165) is 0 Å². The Bertz CT molecular complexity index is 1010. The first-order valence-corrected chi connectivity index (χ1v) is 10.8. The molecule has 31 heavy (non-hydrogen) atoms. The van der Waals surface area contributed by atoms with Gasteiger partial charge >= 0.3 is 0 Å². The standard InChI is InChI=1S/C22H25ClF3N3O2/c1-13-10-21(31,7-8-22(13,25)26)12-27-20(30)19-15-2-5-18(29-9-6-14(24)11-29)28-17(15)4-3-16(19)23/h2-5,13-14,31H,6-12H2,1H3,(H,27,30)/t13?,14-,21?/m0/s1. The maximum atomic E-state index is 13.8. The maximum absolute atomic E-state index is 13.8. The molecule has 0 spiro atoms. The third kappa shape index (κ3) is 4.46. The van der Waals surface area contributed by atoms with Crippen molar-refractivity contribution in [2.24, 2.45) is 5.92 Å². The van der Waals surface area contributed by atoms with Gasteiger partial charge in [-0.3, -0.25) is 4.79 Å². The molecule has 1 amide bonds. The summed E-state index contributed by atoms with van der Waals surface area (Å²) in [4.78, 5) is 19.3. The van der Waals surface area contributed by atoms with E-state index in [1.54, 1.807) is 24.3 Å². The molecule has 5 nitrogen and oxygen atoms in total. The Morgan fingerprint density at radius 1 is 1.32 bits per heavy atom. The van der Waals surface area contributed by atoms with Crippen molar-refractivity contribution in [1.82, 2.24) is 10.3 Å². The van der Waals surface area contributed by atoms with Crippen LogP contribution < -0.4 is 10.2 Å². The summed E-state index contributed by atoms with van der Waals surface area (Å²) in [6, 6.07) is 6.71. The van der Waals surface area contributed by atoms with E-state index in [1.165, 1.54) is 6.92 Å². The summed E-state index contributed by atoms with van der Waals surface area (Å²) in [5, 5.41) is 14.1. The van der Waals surface area contributed by atoms with E-state index in [4.69, 9.17) is 11.6 Å². The zero-order valence-electron chi connectivity index (χ0n) is 17.2. The second-order valence-corrected chi connectivity index (χ2v) is 9.17. The van der Waals surface area contributed by atoms with Gasteiger partial charge in [0, 0.05) is 30.8 Å². The molecule has 9 heteroatoms. The van der Waals surface area contributed by atoms with Crippen LogP contribution in [0.15, 0.2) is 24.3 Å². The van der Waals surface area contributed by atoms with E-state index >= 15 is 0 Å². The summed E-state index contributed by atoms with van der Waals surface area (Å²) >= 11 is 6.29. The number of rotatable bonds is 4. The minimum Gasteiger partial charge on any atom is -0.388 e. The van der Waals surface area contributed by atoms with E-state index < -0.39 is 35.9 Å². The molecule has 0 bridgehead atoms. The predicted molar refractivity (Wildman–Crippen MR) is 114 cm³/mol. The van der Waals surface area contributed by atoms with Crippen LogP contribution in [-0.4, -0.2) is 53.3 Å². The Morgan fingerprint density at radius 2 is 2.10 bits per heavy atom. The molecule has 168 valence electrons. The molecule has 1 aromatic heterocycles. The van der Waals surface area contributed by atoms with Crippen LogP contribution in [0.4, 0.5) is 19.0 Å². The van der Waals surface area contributed by atoms with Gasteiger partial charge in [-0.05, 0) is 43.5 Å². The SMILES string of the molecule is CC1CC(O)(CNC(=O)c2c(Cl)ccc3nc(N4CC[C@H](F)C4)ccc23)CCC1(F)F.